The molecule has 1 aromatic heterocycles. The number of nitrogens with one attached hydrogen (secondary N) is 1. The third kappa shape index (κ3) is 4.17. The van der Waals surface area contributed by atoms with E-state index in [2.05, 4.69) is 15.2 Å². The molecule has 8 nitrogen and oxygen atoms in total. The van der Waals surface area contributed by atoms with Crippen molar-refractivity contribution in [2.75, 3.05) is 62.8 Å². The highest BCUT2D eigenvalue weighted by Crippen LogP contribution is 2.34. The van der Waals surface area contributed by atoms with E-state index >= 15 is 0 Å². The molecule has 1 atom stereocenters. The third-order valence-electron chi connectivity index (χ3n) is 5.26. The van der Waals surface area contributed by atoms with Crippen molar-refractivity contribution in [2.24, 2.45) is 0 Å². The predicted octanol–water partition coefficient (Wildman–Crippen LogP) is 1.72. The highest BCUT2D eigenvalue weighted by molar-refractivity contribution is 5.88. The van der Waals surface area contributed by atoms with Crippen LogP contribution >= 0.6 is 0 Å². The Kier molecular flexibility index (Phi) is 4.96. The summed E-state index contributed by atoms with van der Waals surface area (Å²) in [5.74, 6) is 0.554. The Morgan fingerprint density at radius 3 is 2.63 bits per heavy atom. The van der Waals surface area contributed by atoms with Gasteiger partial charge in [-0.25, -0.2) is 9.78 Å². The summed E-state index contributed by atoms with van der Waals surface area (Å²) in [6.45, 7) is 9.50. The smallest absolute Gasteiger partial charge is 0.323 e. The standard InChI is InChI=1S/C19H28N4O4/c1-18(2)12-23(13-19(27-18)5-8-26-14-19)17(24)21-16-4-3-15(11-20-16)22-6-9-25-10-7-22/h3-4,11H,5-10,12-14H2,1-2H3,(H,20,21,24). The lowest BCUT2D eigenvalue weighted by Crippen LogP contribution is -2.62. The van der Waals surface area contributed by atoms with Crippen LogP contribution in [0.25, 0.3) is 0 Å². The predicted molar refractivity (Wildman–Crippen MR) is 101 cm³/mol. The number of anilines is 2. The Bertz CT molecular complexity index is 667. The number of aromatic nitrogens is 1. The lowest BCUT2D eigenvalue weighted by Gasteiger charge is -2.47. The van der Waals surface area contributed by atoms with E-state index in [0.29, 0.717) is 32.1 Å². The van der Waals surface area contributed by atoms with Crippen LogP contribution in [0, 0.1) is 0 Å². The van der Waals surface area contributed by atoms with Gasteiger partial charge < -0.3 is 24.0 Å². The number of carbonyl (C=O) groups is 1. The minimum Gasteiger partial charge on any atom is -0.378 e. The SMILES string of the molecule is CC1(C)CN(C(=O)Nc2ccc(N3CCOCC3)cn2)CC2(CCOC2)O1. The Morgan fingerprint density at radius 1 is 1.15 bits per heavy atom. The fourth-order valence-electron chi connectivity index (χ4n) is 4.11. The zero-order valence-corrected chi connectivity index (χ0v) is 16.1. The average molecular weight is 376 g/mol. The molecule has 8 heteroatoms. The van der Waals surface area contributed by atoms with E-state index in [0.717, 1.165) is 38.4 Å². The number of rotatable bonds is 2. The maximum atomic E-state index is 12.8. The highest BCUT2D eigenvalue weighted by Gasteiger charge is 2.48. The van der Waals surface area contributed by atoms with Gasteiger partial charge in [0.25, 0.3) is 0 Å². The van der Waals surface area contributed by atoms with Crippen molar-refractivity contribution >= 4 is 17.5 Å². The summed E-state index contributed by atoms with van der Waals surface area (Å²) in [6, 6.07) is 3.69. The molecule has 1 unspecified atom stereocenters. The van der Waals surface area contributed by atoms with Crippen molar-refractivity contribution in [1.82, 2.24) is 9.88 Å². The van der Waals surface area contributed by atoms with Crippen LogP contribution < -0.4 is 10.2 Å². The van der Waals surface area contributed by atoms with E-state index in [1.54, 1.807) is 6.20 Å². The van der Waals surface area contributed by atoms with Gasteiger partial charge >= 0.3 is 6.03 Å². The van der Waals surface area contributed by atoms with Crippen LogP contribution in [0.2, 0.25) is 0 Å². The van der Waals surface area contributed by atoms with Gasteiger partial charge in [0.1, 0.15) is 11.4 Å². The summed E-state index contributed by atoms with van der Waals surface area (Å²) in [4.78, 5) is 21.3. The van der Waals surface area contributed by atoms with Crippen LogP contribution in [0.5, 0.6) is 0 Å². The van der Waals surface area contributed by atoms with E-state index in [1.165, 1.54) is 0 Å². The number of morpholine rings is 2. The number of hydrogen-bond donors (Lipinski definition) is 1. The summed E-state index contributed by atoms with van der Waals surface area (Å²) < 4.78 is 17.2. The molecule has 4 rings (SSSR count). The van der Waals surface area contributed by atoms with Crippen molar-refractivity contribution in [3.8, 4) is 0 Å². The summed E-state index contributed by atoms with van der Waals surface area (Å²) in [5.41, 5.74) is 0.245. The molecule has 148 valence electrons. The fourth-order valence-corrected chi connectivity index (χ4v) is 4.11. The van der Waals surface area contributed by atoms with Gasteiger partial charge in [-0.3, -0.25) is 5.32 Å². The monoisotopic (exact) mass is 376 g/mol. The van der Waals surface area contributed by atoms with Crippen LogP contribution in [-0.4, -0.2) is 79.7 Å². The van der Waals surface area contributed by atoms with Gasteiger partial charge in [-0.05, 0) is 26.0 Å². The molecular formula is C19H28N4O4. The number of amides is 2. The zero-order valence-electron chi connectivity index (χ0n) is 16.1. The molecule has 1 spiro atoms. The van der Waals surface area contributed by atoms with Gasteiger partial charge in [0.05, 0.1) is 50.4 Å². The largest absolute Gasteiger partial charge is 0.378 e. The number of carbonyl (C=O) groups excluding carboxylic acids is 1. The number of hydrogen-bond acceptors (Lipinski definition) is 6. The van der Waals surface area contributed by atoms with Crippen molar-refractivity contribution in [2.45, 2.75) is 31.5 Å². The zero-order chi connectivity index (χ0) is 18.9. The fraction of sp³-hybridized carbons (Fsp3) is 0.684. The van der Waals surface area contributed by atoms with E-state index in [1.807, 2.05) is 30.9 Å². The van der Waals surface area contributed by atoms with Gasteiger partial charge in [0.15, 0.2) is 0 Å². The quantitative estimate of drug-likeness (QED) is 0.847. The van der Waals surface area contributed by atoms with Crippen LogP contribution in [0.15, 0.2) is 18.3 Å². The highest BCUT2D eigenvalue weighted by atomic mass is 16.6. The Morgan fingerprint density at radius 2 is 1.96 bits per heavy atom. The molecule has 0 radical (unpaired) electrons. The van der Waals surface area contributed by atoms with E-state index in [-0.39, 0.29) is 6.03 Å². The first kappa shape index (κ1) is 18.5. The van der Waals surface area contributed by atoms with Gasteiger partial charge in [0.2, 0.25) is 0 Å². The molecule has 3 saturated heterocycles. The van der Waals surface area contributed by atoms with Gasteiger partial charge in [0, 0.05) is 26.1 Å². The molecule has 0 aromatic carbocycles. The molecule has 4 heterocycles. The number of pyridine rings is 1. The third-order valence-corrected chi connectivity index (χ3v) is 5.26. The van der Waals surface area contributed by atoms with Gasteiger partial charge in [-0.1, -0.05) is 0 Å². The molecule has 2 amide bonds. The molecular weight excluding hydrogens is 348 g/mol. The molecule has 0 bridgehead atoms. The molecule has 3 aliphatic heterocycles. The van der Waals surface area contributed by atoms with Crippen LogP contribution in [0.1, 0.15) is 20.3 Å². The molecule has 3 fully saturated rings. The molecule has 1 aromatic rings. The number of nitrogens with zero attached hydrogens (tertiary/aromatic N) is 3. The molecule has 0 aliphatic carbocycles. The summed E-state index contributed by atoms with van der Waals surface area (Å²) in [5, 5.41) is 2.92. The first-order valence-electron chi connectivity index (χ1n) is 9.57. The average Bonchev–Trinajstić information content (AvgIpc) is 3.08. The summed E-state index contributed by atoms with van der Waals surface area (Å²) in [7, 11) is 0. The second-order valence-corrected chi connectivity index (χ2v) is 8.13. The van der Waals surface area contributed by atoms with Crippen LogP contribution in [0.4, 0.5) is 16.3 Å². The maximum Gasteiger partial charge on any atom is 0.323 e. The minimum atomic E-state index is -0.406. The normalized spacial score (nSPS) is 27.8. The van der Waals surface area contributed by atoms with Gasteiger partial charge in [-0.2, -0.15) is 0 Å². The van der Waals surface area contributed by atoms with Crippen LogP contribution in [-0.2, 0) is 14.2 Å². The van der Waals surface area contributed by atoms with E-state index in [9.17, 15) is 4.79 Å². The Labute approximate surface area is 159 Å². The van der Waals surface area contributed by atoms with E-state index in [4.69, 9.17) is 14.2 Å². The molecule has 0 saturated carbocycles. The van der Waals surface area contributed by atoms with E-state index < -0.39 is 11.2 Å². The van der Waals surface area contributed by atoms with Crippen LogP contribution in [0.3, 0.4) is 0 Å². The summed E-state index contributed by atoms with van der Waals surface area (Å²) >= 11 is 0. The number of urea groups is 1. The molecule has 3 aliphatic rings. The Balaban J connectivity index is 1.40. The van der Waals surface area contributed by atoms with Gasteiger partial charge in [-0.15, -0.1) is 0 Å². The first-order chi connectivity index (χ1) is 12.9. The maximum absolute atomic E-state index is 12.8. The molecule has 1 N–H and O–H groups in total. The second-order valence-electron chi connectivity index (χ2n) is 8.13. The Hall–Kier alpha value is -1.90. The van der Waals surface area contributed by atoms with Crippen molar-refractivity contribution in [3.63, 3.8) is 0 Å². The van der Waals surface area contributed by atoms with Crippen molar-refractivity contribution in [3.05, 3.63) is 18.3 Å². The molecule has 27 heavy (non-hydrogen) atoms. The topological polar surface area (TPSA) is 76.2 Å². The second kappa shape index (κ2) is 7.26. The van der Waals surface area contributed by atoms with Crippen molar-refractivity contribution < 1.29 is 19.0 Å². The lowest BCUT2D eigenvalue weighted by molar-refractivity contribution is -0.185. The number of ether oxygens (including phenoxy) is 3. The lowest BCUT2D eigenvalue weighted by atomic mass is 9.95. The van der Waals surface area contributed by atoms with Crippen molar-refractivity contribution in [1.29, 1.82) is 0 Å². The summed E-state index contributed by atoms with van der Waals surface area (Å²) in [6.07, 6.45) is 2.61. The minimum absolute atomic E-state index is 0.149. The first-order valence-corrected chi connectivity index (χ1v) is 9.57.